The number of benzene rings is 2. The van der Waals surface area contributed by atoms with E-state index in [1.807, 2.05) is 13.0 Å². The van der Waals surface area contributed by atoms with Gasteiger partial charge in [-0.2, -0.15) is 4.57 Å². The zero-order chi connectivity index (χ0) is 29.6. The Labute approximate surface area is 232 Å². The fourth-order valence-electron chi connectivity index (χ4n) is 4.96. The van der Waals surface area contributed by atoms with Gasteiger partial charge in [-0.15, -0.1) is 0 Å². The Hall–Kier alpha value is -3.90. The lowest BCUT2D eigenvalue weighted by atomic mass is 10.0. The fourth-order valence-corrected chi connectivity index (χ4v) is 5.24. The number of carbonyl (C=O) groups is 1. The molecule has 3 aromatic rings. The van der Waals surface area contributed by atoms with Crippen molar-refractivity contribution in [2.75, 3.05) is 13.7 Å². The van der Waals surface area contributed by atoms with Gasteiger partial charge in [-0.05, 0) is 47.9 Å². The molecule has 2 N–H and O–H groups in total. The van der Waals surface area contributed by atoms with Gasteiger partial charge in [-0.25, -0.2) is 26.8 Å². The molecule has 5 rings (SSSR count). The summed E-state index contributed by atoms with van der Waals surface area (Å²) in [7, 11) is -3.15. The first kappa shape index (κ1) is 28.6. The van der Waals surface area contributed by atoms with Crippen LogP contribution in [0.4, 0.5) is 13.2 Å². The van der Waals surface area contributed by atoms with E-state index in [1.54, 1.807) is 48.3 Å². The van der Waals surface area contributed by atoms with Crippen LogP contribution in [0.3, 0.4) is 0 Å². The van der Waals surface area contributed by atoms with E-state index in [-0.39, 0.29) is 18.9 Å². The number of fused-ring (bicyclic) bond motifs is 1. The lowest BCUT2D eigenvalue weighted by Gasteiger charge is -2.37. The Balaban J connectivity index is 1.45. The number of phosphoric ester groups is 1. The Kier molecular flexibility index (Phi) is 7.56. The molecule has 0 radical (unpaired) electrons. The minimum absolute atomic E-state index is 0.101. The number of imidazole rings is 1. The van der Waals surface area contributed by atoms with Gasteiger partial charge in [0.25, 0.3) is 12.2 Å². The van der Waals surface area contributed by atoms with Crippen LogP contribution in [0.2, 0.25) is 0 Å². The molecule has 14 heteroatoms. The summed E-state index contributed by atoms with van der Waals surface area (Å²) >= 11 is 0. The quantitative estimate of drug-likeness (QED) is 0.186. The number of hydrogen-bond acceptors (Lipinski definition) is 5. The Morgan fingerprint density at radius 3 is 2.49 bits per heavy atom. The molecule has 0 spiro atoms. The highest BCUT2D eigenvalue weighted by Crippen LogP contribution is 2.40. The molecule has 0 bridgehead atoms. The van der Waals surface area contributed by atoms with E-state index in [4.69, 9.17) is 19.3 Å². The Morgan fingerprint density at radius 1 is 1.15 bits per heavy atom. The van der Waals surface area contributed by atoms with Gasteiger partial charge >= 0.3 is 7.82 Å². The number of methoxy groups -OCH3 is 1. The van der Waals surface area contributed by atoms with E-state index in [2.05, 4.69) is 4.52 Å². The molecule has 3 heterocycles. The first-order chi connectivity index (χ1) is 19.4. The monoisotopic (exact) mass is 592 g/mol. The molecule has 1 fully saturated rings. The number of halogens is 3. The molecule has 1 saturated heterocycles. The normalized spacial score (nSPS) is 19.8. The molecule has 0 saturated carbocycles. The van der Waals surface area contributed by atoms with Crippen molar-refractivity contribution < 1.29 is 50.9 Å². The van der Waals surface area contributed by atoms with Crippen LogP contribution in [0.25, 0.3) is 11.3 Å². The number of allylic oxidation sites excluding steroid dienone is 1. The van der Waals surface area contributed by atoms with Gasteiger partial charge in [0.15, 0.2) is 35.5 Å². The highest BCUT2D eigenvalue weighted by molar-refractivity contribution is 7.46. The van der Waals surface area contributed by atoms with Crippen molar-refractivity contribution in [2.24, 2.45) is 0 Å². The number of hydrogen-bond donors (Lipinski definition) is 2. The third-order valence-corrected chi connectivity index (χ3v) is 7.45. The standard InChI is InChI=1S/C27H25F3N3O7P/c1-15-11-31(13-32(15)14-40-41(35,36)37)22-5-4-17(10-24(22)38-3)16(2)27-23-7-6-21(33(23)25(34)12-39-27)18-8-19(28)26(30)20(29)9-18/h4-11,13,21,23H,12,14H2,1-3H3,(H-,35,36,37)/p+1/t21-,23+/m0/s1. The Bertz CT molecular complexity index is 1630. The molecule has 2 aliphatic rings. The summed E-state index contributed by atoms with van der Waals surface area (Å²) in [6.45, 7) is 2.92. The molecule has 2 aliphatic heterocycles. The van der Waals surface area contributed by atoms with Crippen molar-refractivity contribution in [3.05, 3.63) is 95.0 Å². The van der Waals surface area contributed by atoms with E-state index in [1.165, 1.54) is 16.6 Å². The number of phosphoric acid groups is 1. The molecule has 0 aliphatic carbocycles. The number of aryl methyl sites for hydroxylation is 1. The van der Waals surface area contributed by atoms with E-state index < -0.39 is 43.3 Å². The SMILES string of the molecule is COc1cc(C(C)=C2OCC(=O)N3[C@@H]2C=C[C@H]3c2cc(F)c(F)c(F)c2)ccc1-[n+]1cc(C)n(COP(=O)(O)O)c1. The average Bonchev–Trinajstić information content (AvgIpc) is 3.54. The second kappa shape index (κ2) is 10.8. The second-order valence-corrected chi connectivity index (χ2v) is 10.8. The summed E-state index contributed by atoms with van der Waals surface area (Å²) in [6, 6.07) is 5.68. The molecule has 1 amide bonds. The summed E-state index contributed by atoms with van der Waals surface area (Å²) in [4.78, 5) is 32.3. The number of nitrogens with zero attached hydrogens (tertiary/aromatic N) is 3. The number of ether oxygens (including phenoxy) is 2. The van der Waals surface area contributed by atoms with Crippen molar-refractivity contribution in [1.29, 1.82) is 0 Å². The zero-order valence-electron chi connectivity index (χ0n) is 22.1. The van der Waals surface area contributed by atoms with Gasteiger partial charge in [0.05, 0.1) is 13.2 Å². The van der Waals surface area contributed by atoms with Gasteiger partial charge in [0.2, 0.25) is 6.73 Å². The maximum atomic E-state index is 13.9. The van der Waals surface area contributed by atoms with E-state index in [9.17, 15) is 22.5 Å². The molecule has 2 atom stereocenters. The van der Waals surface area contributed by atoms with E-state index in [0.717, 1.165) is 12.1 Å². The van der Waals surface area contributed by atoms with Crippen LogP contribution in [0.5, 0.6) is 5.75 Å². The lowest BCUT2D eigenvalue weighted by molar-refractivity contribution is -0.596. The largest absolute Gasteiger partial charge is 0.492 e. The van der Waals surface area contributed by atoms with Crippen LogP contribution in [0.1, 0.15) is 29.8 Å². The predicted octanol–water partition coefficient (Wildman–Crippen LogP) is 3.84. The number of rotatable bonds is 7. The molecule has 0 unspecified atom stereocenters. The van der Waals surface area contributed by atoms with Gasteiger partial charge in [0.1, 0.15) is 23.7 Å². The van der Waals surface area contributed by atoms with Gasteiger partial charge in [-0.1, -0.05) is 18.2 Å². The van der Waals surface area contributed by atoms with Crippen LogP contribution < -0.4 is 9.30 Å². The number of amides is 1. The summed E-state index contributed by atoms with van der Waals surface area (Å²) in [5.41, 5.74) is 2.81. The second-order valence-electron chi connectivity index (χ2n) is 9.55. The topological polar surface area (TPSA) is 114 Å². The number of carbonyl (C=O) groups excluding carboxylic acids is 1. The summed E-state index contributed by atoms with van der Waals surface area (Å²) in [5.74, 6) is -3.71. The smallest absolute Gasteiger partial charge is 0.472 e. The summed E-state index contributed by atoms with van der Waals surface area (Å²) in [5, 5.41) is 0. The van der Waals surface area contributed by atoms with Crippen LogP contribution in [0.15, 0.2) is 60.8 Å². The predicted molar refractivity (Wildman–Crippen MR) is 138 cm³/mol. The van der Waals surface area contributed by atoms with E-state index >= 15 is 0 Å². The number of morpholine rings is 1. The van der Waals surface area contributed by atoms with Crippen molar-refractivity contribution >= 4 is 19.3 Å². The Morgan fingerprint density at radius 2 is 1.83 bits per heavy atom. The molecular formula is C27H26F3N3O7P+. The molecule has 10 nitrogen and oxygen atoms in total. The van der Waals surface area contributed by atoms with Crippen LogP contribution in [0, 0.1) is 24.4 Å². The molecule has 1 aromatic heterocycles. The third-order valence-electron chi connectivity index (χ3n) is 7.00. The van der Waals surface area contributed by atoms with Gasteiger partial charge in [0, 0.05) is 6.92 Å². The van der Waals surface area contributed by atoms with Crippen molar-refractivity contribution in [3.8, 4) is 11.4 Å². The highest BCUT2D eigenvalue weighted by atomic mass is 31.2. The fraction of sp³-hybridized carbons (Fsp3) is 0.259. The highest BCUT2D eigenvalue weighted by Gasteiger charge is 2.41. The lowest BCUT2D eigenvalue weighted by Crippen LogP contribution is -2.46. The van der Waals surface area contributed by atoms with Gasteiger partial charge in [-0.3, -0.25) is 4.79 Å². The first-order valence-corrected chi connectivity index (χ1v) is 13.9. The molecule has 216 valence electrons. The van der Waals surface area contributed by atoms with Crippen LogP contribution in [-0.2, 0) is 25.4 Å². The number of aromatic nitrogens is 2. The van der Waals surface area contributed by atoms with Gasteiger partial charge < -0.3 is 24.2 Å². The van der Waals surface area contributed by atoms with Crippen LogP contribution in [-0.4, -0.2) is 44.9 Å². The van der Waals surface area contributed by atoms with Crippen LogP contribution >= 0.6 is 7.82 Å². The average molecular weight is 592 g/mol. The first-order valence-electron chi connectivity index (χ1n) is 12.3. The molecule has 41 heavy (non-hydrogen) atoms. The van der Waals surface area contributed by atoms with Crippen molar-refractivity contribution in [1.82, 2.24) is 9.47 Å². The maximum Gasteiger partial charge on any atom is 0.472 e. The summed E-state index contributed by atoms with van der Waals surface area (Å²) < 4.78 is 71.8. The molecular weight excluding hydrogens is 566 g/mol. The third kappa shape index (κ3) is 5.53. The zero-order valence-corrected chi connectivity index (χ0v) is 23.0. The van der Waals surface area contributed by atoms with E-state index in [0.29, 0.717) is 34.0 Å². The van der Waals surface area contributed by atoms with Crippen molar-refractivity contribution in [3.63, 3.8) is 0 Å². The molecule has 2 aromatic carbocycles. The summed E-state index contributed by atoms with van der Waals surface area (Å²) in [6.07, 6.45) is 6.67. The minimum Gasteiger partial charge on any atom is -0.492 e. The maximum absolute atomic E-state index is 13.9. The van der Waals surface area contributed by atoms with Crippen molar-refractivity contribution in [2.45, 2.75) is 32.7 Å². The minimum atomic E-state index is -4.65.